The summed E-state index contributed by atoms with van der Waals surface area (Å²) in [6.07, 6.45) is 5.43. The van der Waals surface area contributed by atoms with Gasteiger partial charge in [0.2, 0.25) is 0 Å². The molecule has 0 bridgehead atoms. The summed E-state index contributed by atoms with van der Waals surface area (Å²) >= 11 is 0. The fourth-order valence-corrected chi connectivity index (χ4v) is 1.46. The summed E-state index contributed by atoms with van der Waals surface area (Å²) in [6.45, 7) is 6.52. The van der Waals surface area contributed by atoms with E-state index in [9.17, 15) is 5.11 Å². The Bertz CT molecular complexity index is 76.9. The molecule has 0 amide bonds. The second-order valence-corrected chi connectivity index (χ2v) is 3.36. The van der Waals surface area contributed by atoms with Gasteiger partial charge >= 0.3 is 0 Å². The van der Waals surface area contributed by atoms with Crippen LogP contribution in [0.5, 0.6) is 0 Å². The Hall–Kier alpha value is -0.0400. The van der Waals surface area contributed by atoms with Crippen LogP contribution in [0, 0.1) is 5.92 Å². The van der Waals surface area contributed by atoms with Crippen LogP contribution in [0.4, 0.5) is 0 Å². The van der Waals surface area contributed by atoms with Crippen LogP contribution in [0.1, 0.15) is 52.9 Å². The predicted molar refractivity (Wildman–Crippen MR) is 49.6 cm³/mol. The van der Waals surface area contributed by atoms with Crippen molar-refractivity contribution in [3.05, 3.63) is 0 Å². The van der Waals surface area contributed by atoms with Crippen molar-refractivity contribution in [3.8, 4) is 0 Å². The van der Waals surface area contributed by atoms with Crippen molar-refractivity contribution in [2.45, 2.75) is 59.0 Å². The minimum atomic E-state index is -0.0510. The second kappa shape index (κ2) is 6.66. The van der Waals surface area contributed by atoms with Crippen molar-refractivity contribution in [2.75, 3.05) is 0 Å². The molecule has 0 aromatic heterocycles. The molecular weight excluding hydrogens is 136 g/mol. The van der Waals surface area contributed by atoms with Gasteiger partial charge < -0.3 is 5.11 Å². The van der Waals surface area contributed by atoms with Crippen molar-refractivity contribution in [3.63, 3.8) is 0 Å². The van der Waals surface area contributed by atoms with E-state index in [-0.39, 0.29) is 6.10 Å². The fraction of sp³-hybridized carbons (Fsp3) is 1.00. The maximum absolute atomic E-state index is 9.48. The van der Waals surface area contributed by atoms with Gasteiger partial charge in [-0.2, -0.15) is 0 Å². The van der Waals surface area contributed by atoms with Gasteiger partial charge in [-0.3, -0.25) is 0 Å². The number of hydrogen-bond donors (Lipinski definition) is 1. The highest BCUT2D eigenvalue weighted by molar-refractivity contribution is 4.62. The number of rotatable bonds is 6. The van der Waals surface area contributed by atoms with Crippen LogP contribution >= 0.6 is 0 Å². The van der Waals surface area contributed by atoms with Gasteiger partial charge in [0.05, 0.1) is 6.10 Å². The lowest BCUT2D eigenvalue weighted by molar-refractivity contribution is 0.129. The lowest BCUT2D eigenvalue weighted by Crippen LogP contribution is -2.12. The van der Waals surface area contributed by atoms with Gasteiger partial charge in [-0.25, -0.2) is 0 Å². The zero-order valence-corrected chi connectivity index (χ0v) is 8.14. The first kappa shape index (κ1) is 11.0. The molecule has 0 aromatic rings. The third-order valence-electron chi connectivity index (χ3n) is 2.38. The molecule has 0 aliphatic rings. The van der Waals surface area contributed by atoms with E-state index in [1.165, 1.54) is 12.8 Å². The largest absolute Gasteiger partial charge is 0.393 e. The Morgan fingerprint density at radius 1 is 1.09 bits per heavy atom. The zero-order chi connectivity index (χ0) is 8.69. The predicted octanol–water partition coefficient (Wildman–Crippen LogP) is 2.97. The molecule has 0 saturated heterocycles. The van der Waals surface area contributed by atoms with E-state index in [1.807, 2.05) is 0 Å². The molecule has 1 heteroatoms. The van der Waals surface area contributed by atoms with Crippen molar-refractivity contribution < 1.29 is 5.11 Å². The molecule has 0 saturated carbocycles. The first-order chi connectivity index (χ1) is 5.24. The molecular formula is C10H22O. The van der Waals surface area contributed by atoms with E-state index in [2.05, 4.69) is 20.8 Å². The van der Waals surface area contributed by atoms with E-state index in [1.54, 1.807) is 0 Å². The molecule has 0 heterocycles. The Morgan fingerprint density at radius 3 is 2.00 bits per heavy atom. The van der Waals surface area contributed by atoms with E-state index in [0.29, 0.717) is 0 Å². The van der Waals surface area contributed by atoms with Crippen molar-refractivity contribution in [2.24, 2.45) is 5.92 Å². The van der Waals surface area contributed by atoms with Crippen LogP contribution in [-0.2, 0) is 0 Å². The summed E-state index contributed by atoms with van der Waals surface area (Å²) < 4.78 is 0. The van der Waals surface area contributed by atoms with Crippen LogP contribution in [-0.4, -0.2) is 11.2 Å². The van der Waals surface area contributed by atoms with Crippen LogP contribution in [0.25, 0.3) is 0 Å². The van der Waals surface area contributed by atoms with Crippen LogP contribution in [0.15, 0.2) is 0 Å². The number of aliphatic hydroxyl groups is 1. The number of aliphatic hydroxyl groups excluding tert-OH is 1. The van der Waals surface area contributed by atoms with Gasteiger partial charge in [0, 0.05) is 0 Å². The van der Waals surface area contributed by atoms with E-state index in [0.717, 1.165) is 25.2 Å². The molecule has 1 atom stereocenters. The summed E-state index contributed by atoms with van der Waals surface area (Å²) in [7, 11) is 0. The van der Waals surface area contributed by atoms with Gasteiger partial charge in [0.1, 0.15) is 0 Å². The standard InChI is InChI=1S/C10H22O/c1-4-7-10(11)8-9(5-2)6-3/h9-11H,4-8H2,1-3H3. The third-order valence-corrected chi connectivity index (χ3v) is 2.38. The topological polar surface area (TPSA) is 20.2 Å². The van der Waals surface area contributed by atoms with Crippen LogP contribution < -0.4 is 0 Å². The molecule has 1 N–H and O–H groups in total. The number of hydrogen-bond acceptors (Lipinski definition) is 1. The summed E-state index contributed by atoms with van der Waals surface area (Å²) in [5.41, 5.74) is 0. The quantitative estimate of drug-likeness (QED) is 0.630. The molecule has 0 aromatic carbocycles. The highest BCUT2D eigenvalue weighted by Gasteiger charge is 2.09. The SMILES string of the molecule is CCCC(O)CC(CC)CC. The molecule has 1 unspecified atom stereocenters. The normalized spacial score (nSPS) is 13.9. The summed E-state index contributed by atoms with van der Waals surface area (Å²) in [5.74, 6) is 0.733. The second-order valence-electron chi connectivity index (χ2n) is 3.36. The van der Waals surface area contributed by atoms with Gasteiger partial charge in [0.25, 0.3) is 0 Å². The average Bonchev–Trinajstić information content (AvgIpc) is 2.01. The molecule has 0 radical (unpaired) electrons. The minimum Gasteiger partial charge on any atom is -0.393 e. The Kier molecular flexibility index (Phi) is 6.63. The maximum Gasteiger partial charge on any atom is 0.0542 e. The average molecular weight is 158 g/mol. The van der Waals surface area contributed by atoms with Crippen LogP contribution in [0.2, 0.25) is 0 Å². The fourth-order valence-electron chi connectivity index (χ4n) is 1.46. The lowest BCUT2D eigenvalue weighted by atomic mass is 9.94. The van der Waals surface area contributed by atoms with Gasteiger partial charge in [-0.05, 0) is 18.8 Å². The minimum absolute atomic E-state index is 0.0510. The van der Waals surface area contributed by atoms with E-state index >= 15 is 0 Å². The van der Waals surface area contributed by atoms with Crippen LogP contribution in [0.3, 0.4) is 0 Å². The van der Waals surface area contributed by atoms with Crippen molar-refractivity contribution in [1.29, 1.82) is 0 Å². The monoisotopic (exact) mass is 158 g/mol. The molecule has 1 nitrogen and oxygen atoms in total. The van der Waals surface area contributed by atoms with E-state index in [4.69, 9.17) is 0 Å². The Morgan fingerprint density at radius 2 is 1.64 bits per heavy atom. The summed E-state index contributed by atoms with van der Waals surface area (Å²) in [4.78, 5) is 0. The smallest absolute Gasteiger partial charge is 0.0542 e. The van der Waals surface area contributed by atoms with E-state index < -0.39 is 0 Å². The van der Waals surface area contributed by atoms with Gasteiger partial charge in [0.15, 0.2) is 0 Å². The molecule has 0 aliphatic carbocycles. The Labute approximate surface area is 70.8 Å². The third kappa shape index (κ3) is 5.25. The molecule has 0 fully saturated rings. The lowest BCUT2D eigenvalue weighted by Gasteiger charge is -2.16. The first-order valence-electron chi connectivity index (χ1n) is 4.92. The summed E-state index contributed by atoms with van der Waals surface area (Å²) in [6, 6.07) is 0. The van der Waals surface area contributed by atoms with Crippen molar-refractivity contribution >= 4 is 0 Å². The highest BCUT2D eigenvalue weighted by atomic mass is 16.3. The molecule has 68 valence electrons. The van der Waals surface area contributed by atoms with Gasteiger partial charge in [-0.1, -0.05) is 40.0 Å². The summed E-state index contributed by atoms with van der Waals surface area (Å²) in [5, 5.41) is 9.48. The first-order valence-corrected chi connectivity index (χ1v) is 4.92. The molecule has 11 heavy (non-hydrogen) atoms. The molecule has 0 spiro atoms. The van der Waals surface area contributed by atoms with Crippen molar-refractivity contribution in [1.82, 2.24) is 0 Å². The van der Waals surface area contributed by atoms with Gasteiger partial charge in [-0.15, -0.1) is 0 Å². The maximum atomic E-state index is 9.48. The highest BCUT2D eigenvalue weighted by Crippen LogP contribution is 2.16. The molecule has 0 aliphatic heterocycles. The molecule has 0 rings (SSSR count). The Balaban J connectivity index is 3.44. The zero-order valence-electron chi connectivity index (χ0n) is 8.14.